The average molecular weight is 304 g/mol. The molecule has 1 saturated heterocycles. The molecular formula is C17H24N2O3. The van der Waals surface area contributed by atoms with Gasteiger partial charge in [0.25, 0.3) is 0 Å². The van der Waals surface area contributed by atoms with Gasteiger partial charge in [-0.05, 0) is 23.8 Å². The van der Waals surface area contributed by atoms with E-state index in [-0.39, 0.29) is 19.0 Å². The zero-order valence-corrected chi connectivity index (χ0v) is 13.0. The van der Waals surface area contributed by atoms with Gasteiger partial charge in [-0.1, -0.05) is 43.7 Å². The van der Waals surface area contributed by atoms with Crippen LogP contribution < -0.4 is 5.32 Å². The molecule has 0 saturated carbocycles. The Kier molecular flexibility index (Phi) is 5.81. The molecule has 0 bridgehead atoms. The average Bonchev–Trinajstić information content (AvgIpc) is 2.54. The Morgan fingerprint density at radius 1 is 1.32 bits per heavy atom. The van der Waals surface area contributed by atoms with E-state index in [0.29, 0.717) is 11.8 Å². The Balaban J connectivity index is 1.92. The van der Waals surface area contributed by atoms with E-state index in [2.05, 4.69) is 36.5 Å². The lowest BCUT2D eigenvalue weighted by molar-refractivity contribution is -0.136. The monoisotopic (exact) mass is 304 g/mol. The summed E-state index contributed by atoms with van der Waals surface area (Å²) < 4.78 is 0. The molecule has 1 fully saturated rings. The number of amides is 2. The van der Waals surface area contributed by atoms with Crippen LogP contribution in [0.5, 0.6) is 0 Å². The summed E-state index contributed by atoms with van der Waals surface area (Å²) in [5.74, 6) is 0.0464. The maximum absolute atomic E-state index is 12.1. The fourth-order valence-electron chi connectivity index (χ4n) is 3.16. The number of nitrogens with one attached hydrogen (secondary N) is 1. The smallest absolute Gasteiger partial charge is 0.317 e. The molecule has 5 nitrogen and oxygen atoms in total. The van der Waals surface area contributed by atoms with Crippen molar-refractivity contribution in [2.45, 2.75) is 32.1 Å². The van der Waals surface area contributed by atoms with Crippen molar-refractivity contribution >= 4 is 12.0 Å². The number of aliphatic carboxylic acids is 1. The lowest BCUT2D eigenvalue weighted by Gasteiger charge is -2.38. The molecule has 1 aromatic rings. The van der Waals surface area contributed by atoms with Crippen LogP contribution in [-0.2, 0) is 4.79 Å². The van der Waals surface area contributed by atoms with E-state index in [0.717, 1.165) is 25.9 Å². The summed E-state index contributed by atoms with van der Waals surface area (Å²) >= 11 is 0. The van der Waals surface area contributed by atoms with Crippen molar-refractivity contribution in [2.75, 3.05) is 19.6 Å². The molecule has 2 rings (SSSR count). The van der Waals surface area contributed by atoms with Gasteiger partial charge < -0.3 is 15.3 Å². The molecule has 120 valence electrons. The maximum Gasteiger partial charge on any atom is 0.317 e. The standard InChI is InChI=1S/C17H24N2O3/c1-2-13-12-19(17(22)18-10-8-16(20)21)11-9-15(13)14-6-4-3-5-7-14/h3-7,13,15H,2,8-12H2,1H3,(H,18,22)(H,20,21). The maximum atomic E-state index is 12.1. The van der Waals surface area contributed by atoms with Crippen molar-refractivity contribution in [1.82, 2.24) is 10.2 Å². The van der Waals surface area contributed by atoms with Crippen LogP contribution in [0, 0.1) is 5.92 Å². The first-order valence-corrected chi connectivity index (χ1v) is 7.91. The minimum atomic E-state index is -0.894. The first kappa shape index (κ1) is 16.3. The normalized spacial score (nSPS) is 21.4. The van der Waals surface area contributed by atoms with E-state index in [9.17, 15) is 9.59 Å². The van der Waals surface area contributed by atoms with Gasteiger partial charge in [0, 0.05) is 19.6 Å². The molecule has 0 spiro atoms. The Labute approximate surface area is 131 Å². The number of carboxylic acids is 1. The molecule has 22 heavy (non-hydrogen) atoms. The van der Waals surface area contributed by atoms with Crippen LogP contribution in [0.25, 0.3) is 0 Å². The highest BCUT2D eigenvalue weighted by Crippen LogP contribution is 2.34. The molecule has 2 N–H and O–H groups in total. The van der Waals surface area contributed by atoms with Crippen molar-refractivity contribution in [1.29, 1.82) is 0 Å². The topological polar surface area (TPSA) is 69.6 Å². The molecule has 0 radical (unpaired) electrons. The van der Waals surface area contributed by atoms with Crippen molar-refractivity contribution in [3.8, 4) is 0 Å². The van der Waals surface area contributed by atoms with Crippen LogP contribution in [0.3, 0.4) is 0 Å². The van der Waals surface area contributed by atoms with E-state index in [1.54, 1.807) is 0 Å². The largest absolute Gasteiger partial charge is 0.481 e. The molecule has 5 heteroatoms. The number of nitrogens with zero attached hydrogens (tertiary/aromatic N) is 1. The number of benzene rings is 1. The zero-order valence-electron chi connectivity index (χ0n) is 13.0. The number of hydrogen-bond acceptors (Lipinski definition) is 2. The summed E-state index contributed by atoms with van der Waals surface area (Å²) in [6.07, 6.45) is 1.94. The van der Waals surface area contributed by atoms with Gasteiger partial charge in [-0.15, -0.1) is 0 Å². The molecule has 2 atom stereocenters. The number of hydrogen-bond donors (Lipinski definition) is 2. The zero-order chi connectivity index (χ0) is 15.9. The second-order valence-electron chi connectivity index (χ2n) is 5.80. The minimum absolute atomic E-state index is 0.0383. The Bertz CT molecular complexity index is 504. The summed E-state index contributed by atoms with van der Waals surface area (Å²) in [6.45, 7) is 3.79. The first-order chi connectivity index (χ1) is 10.6. The van der Waals surface area contributed by atoms with E-state index in [1.807, 2.05) is 11.0 Å². The van der Waals surface area contributed by atoms with Gasteiger partial charge in [0.2, 0.25) is 0 Å². The van der Waals surface area contributed by atoms with Crippen LogP contribution in [0.2, 0.25) is 0 Å². The first-order valence-electron chi connectivity index (χ1n) is 7.91. The number of likely N-dealkylation sites (tertiary alicyclic amines) is 1. The summed E-state index contributed by atoms with van der Waals surface area (Å²) in [5.41, 5.74) is 1.35. The Morgan fingerprint density at radius 3 is 2.68 bits per heavy atom. The molecule has 0 aliphatic carbocycles. The summed E-state index contributed by atoms with van der Waals surface area (Å²) in [6, 6.07) is 10.3. The highest BCUT2D eigenvalue weighted by atomic mass is 16.4. The highest BCUT2D eigenvalue weighted by molar-refractivity contribution is 5.75. The fraction of sp³-hybridized carbons (Fsp3) is 0.529. The summed E-state index contributed by atoms with van der Waals surface area (Å²) in [4.78, 5) is 24.4. The predicted octanol–water partition coefficient (Wildman–Crippen LogP) is 2.69. The lowest BCUT2D eigenvalue weighted by Crippen LogP contribution is -2.47. The second-order valence-corrected chi connectivity index (χ2v) is 5.80. The van der Waals surface area contributed by atoms with E-state index in [1.165, 1.54) is 5.56 Å². The molecule has 1 aromatic carbocycles. The fourth-order valence-corrected chi connectivity index (χ4v) is 3.16. The molecule has 1 aliphatic rings. The van der Waals surface area contributed by atoms with E-state index in [4.69, 9.17) is 5.11 Å². The predicted molar refractivity (Wildman–Crippen MR) is 84.8 cm³/mol. The van der Waals surface area contributed by atoms with Crippen LogP contribution in [-0.4, -0.2) is 41.6 Å². The van der Waals surface area contributed by atoms with Crippen LogP contribution in [0.15, 0.2) is 30.3 Å². The van der Waals surface area contributed by atoms with E-state index < -0.39 is 5.97 Å². The van der Waals surface area contributed by atoms with Crippen LogP contribution >= 0.6 is 0 Å². The molecule has 2 unspecified atom stereocenters. The highest BCUT2D eigenvalue weighted by Gasteiger charge is 2.31. The van der Waals surface area contributed by atoms with Gasteiger partial charge in [-0.2, -0.15) is 0 Å². The molecular weight excluding hydrogens is 280 g/mol. The van der Waals surface area contributed by atoms with Gasteiger partial charge in [0.05, 0.1) is 6.42 Å². The minimum Gasteiger partial charge on any atom is -0.481 e. The lowest BCUT2D eigenvalue weighted by atomic mass is 9.79. The number of carboxylic acid groups (broad SMARTS) is 1. The number of rotatable bonds is 5. The van der Waals surface area contributed by atoms with Gasteiger partial charge in [-0.25, -0.2) is 4.79 Å². The number of carbonyl (C=O) groups is 2. The van der Waals surface area contributed by atoms with Crippen LogP contribution in [0.4, 0.5) is 4.79 Å². The molecule has 1 aliphatic heterocycles. The van der Waals surface area contributed by atoms with Crippen LogP contribution in [0.1, 0.15) is 37.7 Å². The molecule has 0 aromatic heterocycles. The van der Waals surface area contributed by atoms with E-state index >= 15 is 0 Å². The molecule has 2 amide bonds. The van der Waals surface area contributed by atoms with Crippen molar-refractivity contribution in [3.05, 3.63) is 35.9 Å². The van der Waals surface area contributed by atoms with Crippen molar-refractivity contribution in [3.63, 3.8) is 0 Å². The van der Waals surface area contributed by atoms with Gasteiger partial charge in [-0.3, -0.25) is 4.79 Å². The second kappa shape index (κ2) is 7.82. The third-order valence-electron chi connectivity index (χ3n) is 4.39. The third-order valence-corrected chi connectivity index (χ3v) is 4.39. The summed E-state index contributed by atoms with van der Waals surface area (Å²) in [7, 11) is 0. The van der Waals surface area contributed by atoms with Crippen molar-refractivity contribution < 1.29 is 14.7 Å². The summed E-state index contributed by atoms with van der Waals surface area (Å²) in [5, 5.41) is 11.3. The number of piperidine rings is 1. The number of carbonyl (C=O) groups excluding carboxylic acids is 1. The van der Waals surface area contributed by atoms with Gasteiger partial charge in [0.15, 0.2) is 0 Å². The Hall–Kier alpha value is -2.04. The SMILES string of the molecule is CCC1CN(C(=O)NCCC(=O)O)CCC1c1ccccc1. The quantitative estimate of drug-likeness (QED) is 0.878. The van der Waals surface area contributed by atoms with Gasteiger partial charge >= 0.3 is 12.0 Å². The van der Waals surface area contributed by atoms with Gasteiger partial charge in [0.1, 0.15) is 0 Å². The molecule has 1 heterocycles. The third kappa shape index (κ3) is 4.23. The number of urea groups is 1. The van der Waals surface area contributed by atoms with Crippen molar-refractivity contribution in [2.24, 2.45) is 5.92 Å². The Morgan fingerprint density at radius 2 is 2.05 bits per heavy atom.